The third kappa shape index (κ3) is 3.65. The summed E-state index contributed by atoms with van der Waals surface area (Å²) in [4.78, 5) is 13.2. The fraction of sp³-hybridized carbons (Fsp3) is 0.917. The Balaban J connectivity index is 1.78. The Hall–Kier alpha value is -0.690. The minimum atomic E-state index is -0.734. The molecule has 6 nitrogen and oxygen atoms in total. The molecule has 1 atom stereocenters. The van der Waals surface area contributed by atoms with E-state index in [2.05, 4.69) is 22.5 Å². The standard InChI is InChI=1S/C12H23N3O3/c1-10(7-15-2-4-18-5-3-15)14-12(6-11(16)17)8-13-9-12/h10,13-14H,2-9H2,1H3,(H,16,17). The Bertz CT molecular complexity index is 288. The number of morpholine rings is 1. The van der Waals surface area contributed by atoms with Crippen molar-refractivity contribution in [2.75, 3.05) is 45.9 Å². The average molecular weight is 257 g/mol. The van der Waals surface area contributed by atoms with Crippen LogP contribution in [0.25, 0.3) is 0 Å². The number of hydrogen-bond acceptors (Lipinski definition) is 5. The number of nitrogens with one attached hydrogen (secondary N) is 2. The lowest BCUT2D eigenvalue weighted by Crippen LogP contribution is -2.70. The first-order valence-electron chi connectivity index (χ1n) is 6.60. The topological polar surface area (TPSA) is 73.8 Å². The van der Waals surface area contributed by atoms with Gasteiger partial charge in [0.05, 0.1) is 25.2 Å². The number of aliphatic carboxylic acids is 1. The summed E-state index contributed by atoms with van der Waals surface area (Å²) < 4.78 is 5.32. The van der Waals surface area contributed by atoms with Crippen LogP contribution in [-0.4, -0.2) is 73.5 Å². The molecule has 2 rings (SSSR count). The zero-order valence-electron chi connectivity index (χ0n) is 10.9. The molecule has 2 fully saturated rings. The van der Waals surface area contributed by atoms with Crippen molar-refractivity contribution in [3.8, 4) is 0 Å². The predicted octanol–water partition coefficient (Wildman–Crippen LogP) is -0.887. The highest BCUT2D eigenvalue weighted by Gasteiger charge is 2.39. The first-order chi connectivity index (χ1) is 8.60. The third-order valence-electron chi connectivity index (χ3n) is 3.60. The van der Waals surface area contributed by atoms with Crippen molar-refractivity contribution in [2.45, 2.75) is 24.9 Å². The van der Waals surface area contributed by atoms with Crippen molar-refractivity contribution in [3.63, 3.8) is 0 Å². The fourth-order valence-electron chi connectivity index (χ4n) is 2.73. The van der Waals surface area contributed by atoms with E-state index >= 15 is 0 Å². The molecule has 18 heavy (non-hydrogen) atoms. The van der Waals surface area contributed by atoms with Crippen molar-refractivity contribution < 1.29 is 14.6 Å². The van der Waals surface area contributed by atoms with Crippen LogP contribution in [0.3, 0.4) is 0 Å². The zero-order chi connectivity index (χ0) is 13.0. The third-order valence-corrected chi connectivity index (χ3v) is 3.60. The normalized spacial score (nSPS) is 25.4. The lowest BCUT2D eigenvalue weighted by Gasteiger charge is -2.45. The fourth-order valence-corrected chi connectivity index (χ4v) is 2.73. The van der Waals surface area contributed by atoms with Crippen molar-refractivity contribution in [2.24, 2.45) is 0 Å². The van der Waals surface area contributed by atoms with E-state index in [0.717, 1.165) is 45.9 Å². The monoisotopic (exact) mass is 257 g/mol. The summed E-state index contributed by atoms with van der Waals surface area (Å²) in [6.45, 7) is 8.09. The Morgan fingerprint density at radius 1 is 1.50 bits per heavy atom. The highest BCUT2D eigenvalue weighted by atomic mass is 16.5. The molecule has 2 aliphatic heterocycles. The molecule has 0 spiro atoms. The number of hydrogen-bond donors (Lipinski definition) is 3. The molecule has 6 heteroatoms. The highest BCUT2D eigenvalue weighted by Crippen LogP contribution is 2.17. The largest absolute Gasteiger partial charge is 0.481 e. The van der Waals surface area contributed by atoms with E-state index in [-0.39, 0.29) is 12.0 Å². The average Bonchev–Trinajstić information content (AvgIpc) is 2.26. The molecular formula is C12H23N3O3. The maximum atomic E-state index is 10.9. The van der Waals surface area contributed by atoms with Gasteiger partial charge < -0.3 is 20.5 Å². The second-order valence-electron chi connectivity index (χ2n) is 5.41. The van der Waals surface area contributed by atoms with Crippen molar-refractivity contribution in [3.05, 3.63) is 0 Å². The van der Waals surface area contributed by atoms with Gasteiger partial charge in [-0.25, -0.2) is 0 Å². The number of nitrogens with zero attached hydrogens (tertiary/aromatic N) is 1. The zero-order valence-corrected chi connectivity index (χ0v) is 10.9. The van der Waals surface area contributed by atoms with E-state index < -0.39 is 5.97 Å². The minimum absolute atomic E-state index is 0.188. The van der Waals surface area contributed by atoms with Crippen LogP contribution in [0, 0.1) is 0 Å². The van der Waals surface area contributed by atoms with Gasteiger partial charge in [-0.05, 0) is 6.92 Å². The number of carboxylic acid groups (broad SMARTS) is 1. The van der Waals surface area contributed by atoms with Gasteiger partial charge in [-0.2, -0.15) is 0 Å². The summed E-state index contributed by atoms with van der Waals surface area (Å²) in [5.41, 5.74) is -0.252. The molecule has 0 aromatic rings. The van der Waals surface area contributed by atoms with Crippen LogP contribution >= 0.6 is 0 Å². The minimum Gasteiger partial charge on any atom is -0.481 e. The van der Waals surface area contributed by atoms with Crippen LogP contribution in [0.5, 0.6) is 0 Å². The lowest BCUT2D eigenvalue weighted by molar-refractivity contribution is -0.139. The molecule has 0 saturated carbocycles. The Labute approximate surface area is 108 Å². The molecule has 2 saturated heterocycles. The van der Waals surface area contributed by atoms with E-state index in [1.165, 1.54) is 0 Å². The van der Waals surface area contributed by atoms with Crippen molar-refractivity contribution in [1.29, 1.82) is 0 Å². The van der Waals surface area contributed by atoms with Crippen LogP contribution in [0.4, 0.5) is 0 Å². The second kappa shape index (κ2) is 5.97. The summed E-state index contributed by atoms with van der Waals surface area (Å²) in [6, 6.07) is 0.296. The molecule has 3 N–H and O–H groups in total. The Morgan fingerprint density at radius 2 is 2.17 bits per heavy atom. The van der Waals surface area contributed by atoms with Gasteiger partial charge in [0.1, 0.15) is 0 Å². The number of rotatable bonds is 6. The van der Waals surface area contributed by atoms with Gasteiger partial charge in [0.15, 0.2) is 0 Å². The molecule has 0 amide bonds. The van der Waals surface area contributed by atoms with Crippen LogP contribution < -0.4 is 10.6 Å². The molecule has 2 heterocycles. The SMILES string of the molecule is CC(CN1CCOCC1)NC1(CC(=O)O)CNC1. The lowest BCUT2D eigenvalue weighted by atomic mass is 9.87. The summed E-state index contributed by atoms with van der Waals surface area (Å²) in [5.74, 6) is -0.734. The van der Waals surface area contributed by atoms with Gasteiger partial charge in [-0.15, -0.1) is 0 Å². The van der Waals surface area contributed by atoms with E-state index in [4.69, 9.17) is 9.84 Å². The van der Waals surface area contributed by atoms with E-state index in [1.54, 1.807) is 0 Å². The summed E-state index contributed by atoms with van der Waals surface area (Å²) in [5, 5.41) is 15.6. The Kier molecular flexibility index (Phi) is 4.55. The molecule has 2 aliphatic rings. The van der Waals surface area contributed by atoms with Gasteiger partial charge in [0, 0.05) is 38.8 Å². The van der Waals surface area contributed by atoms with Gasteiger partial charge >= 0.3 is 5.97 Å². The first-order valence-corrected chi connectivity index (χ1v) is 6.60. The maximum absolute atomic E-state index is 10.9. The van der Waals surface area contributed by atoms with E-state index in [1.807, 2.05) is 0 Å². The molecule has 0 radical (unpaired) electrons. The quantitative estimate of drug-likeness (QED) is 0.573. The van der Waals surface area contributed by atoms with E-state index in [0.29, 0.717) is 6.04 Å². The summed E-state index contributed by atoms with van der Waals surface area (Å²) in [6.07, 6.45) is 0.188. The number of carbonyl (C=O) groups is 1. The highest BCUT2D eigenvalue weighted by molar-refractivity contribution is 5.68. The smallest absolute Gasteiger partial charge is 0.305 e. The summed E-state index contributed by atoms with van der Waals surface area (Å²) >= 11 is 0. The van der Waals surface area contributed by atoms with Crippen LogP contribution in [-0.2, 0) is 9.53 Å². The molecule has 0 bridgehead atoms. The second-order valence-corrected chi connectivity index (χ2v) is 5.41. The molecule has 104 valence electrons. The predicted molar refractivity (Wildman–Crippen MR) is 67.7 cm³/mol. The van der Waals surface area contributed by atoms with Crippen LogP contribution in [0.15, 0.2) is 0 Å². The van der Waals surface area contributed by atoms with Crippen LogP contribution in [0.2, 0.25) is 0 Å². The van der Waals surface area contributed by atoms with Gasteiger partial charge in [0.25, 0.3) is 0 Å². The van der Waals surface area contributed by atoms with Gasteiger partial charge in [0.2, 0.25) is 0 Å². The van der Waals surface area contributed by atoms with Crippen molar-refractivity contribution >= 4 is 5.97 Å². The molecule has 0 aromatic carbocycles. The summed E-state index contributed by atoms with van der Waals surface area (Å²) in [7, 11) is 0. The molecule has 1 unspecified atom stereocenters. The first kappa shape index (κ1) is 13.7. The molecule has 0 aliphatic carbocycles. The maximum Gasteiger partial charge on any atom is 0.305 e. The van der Waals surface area contributed by atoms with E-state index in [9.17, 15) is 4.79 Å². The van der Waals surface area contributed by atoms with Gasteiger partial charge in [-0.3, -0.25) is 9.69 Å². The Morgan fingerprint density at radius 3 is 2.67 bits per heavy atom. The molecule has 0 aromatic heterocycles. The van der Waals surface area contributed by atoms with Crippen molar-refractivity contribution in [1.82, 2.24) is 15.5 Å². The number of ether oxygens (including phenoxy) is 1. The number of carboxylic acids is 1. The molecular weight excluding hydrogens is 234 g/mol. The van der Waals surface area contributed by atoms with Crippen LogP contribution in [0.1, 0.15) is 13.3 Å². The van der Waals surface area contributed by atoms with Gasteiger partial charge in [-0.1, -0.05) is 0 Å².